The molecule has 0 saturated heterocycles. The summed E-state index contributed by atoms with van der Waals surface area (Å²) in [5.74, 6) is 2.22. The normalized spacial score (nSPS) is 11.8. The molecule has 2 aromatic carbocycles. The number of amides is 1. The maximum absolute atomic E-state index is 12.3. The molecule has 1 N–H and O–H groups in total. The number of hydrogen-bond donors (Lipinski definition) is 1. The van der Waals surface area contributed by atoms with Crippen LogP contribution in [0.15, 0.2) is 36.4 Å². The number of methoxy groups -OCH3 is 3. The Morgan fingerprint density at radius 1 is 1.00 bits per heavy atom. The zero-order valence-electron chi connectivity index (χ0n) is 17.9. The Morgan fingerprint density at radius 2 is 1.59 bits per heavy atom. The van der Waals surface area contributed by atoms with Crippen molar-refractivity contribution in [3.8, 4) is 23.0 Å². The van der Waals surface area contributed by atoms with Gasteiger partial charge in [0.2, 0.25) is 11.7 Å². The first-order chi connectivity index (χ1) is 13.9. The van der Waals surface area contributed by atoms with Crippen LogP contribution < -0.4 is 24.3 Å². The van der Waals surface area contributed by atoms with Crippen molar-refractivity contribution in [2.24, 2.45) is 0 Å². The lowest BCUT2D eigenvalue weighted by atomic mass is 10.1. The number of aryl methyl sites for hydroxylation is 2. The molecule has 0 spiro atoms. The minimum atomic E-state index is -0.212. The molecule has 6 heteroatoms. The Morgan fingerprint density at radius 3 is 2.10 bits per heavy atom. The van der Waals surface area contributed by atoms with Crippen molar-refractivity contribution in [2.45, 2.75) is 26.8 Å². The fraction of sp³-hybridized carbons (Fsp3) is 0.348. The number of carbonyl (C=O) groups excluding carboxylic acids is 1. The predicted octanol–water partition coefficient (Wildman–Crippen LogP) is 3.93. The maximum Gasteiger partial charge on any atom is 0.244 e. The van der Waals surface area contributed by atoms with E-state index >= 15 is 0 Å². The number of ether oxygens (including phenoxy) is 4. The summed E-state index contributed by atoms with van der Waals surface area (Å²) in [6.45, 7) is 6.30. The molecule has 6 nitrogen and oxygen atoms in total. The molecule has 0 aliphatic carbocycles. The molecule has 2 aromatic rings. The SMILES string of the molecule is COc1cc(C=CC(=O)NC(C)COc2c(C)cccc2C)cc(OC)c1OC. The zero-order chi connectivity index (χ0) is 21.4. The van der Waals surface area contributed by atoms with Crippen LogP contribution in [0.5, 0.6) is 23.0 Å². The van der Waals surface area contributed by atoms with Crippen LogP contribution in [0, 0.1) is 13.8 Å². The van der Waals surface area contributed by atoms with E-state index in [9.17, 15) is 4.79 Å². The third-order valence-corrected chi connectivity index (χ3v) is 4.39. The first-order valence-corrected chi connectivity index (χ1v) is 9.37. The highest BCUT2D eigenvalue weighted by Gasteiger charge is 2.13. The van der Waals surface area contributed by atoms with Gasteiger partial charge in [0, 0.05) is 6.08 Å². The van der Waals surface area contributed by atoms with Crippen molar-refractivity contribution in [1.82, 2.24) is 5.32 Å². The Bertz CT molecular complexity index is 830. The lowest BCUT2D eigenvalue weighted by Crippen LogP contribution is -2.35. The largest absolute Gasteiger partial charge is 0.493 e. The monoisotopic (exact) mass is 399 g/mol. The average molecular weight is 399 g/mol. The molecule has 0 saturated carbocycles. The molecule has 0 aliphatic rings. The highest BCUT2D eigenvalue weighted by molar-refractivity contribution is 5.92. The van der Waals surface area contributed by atoms with Crippen LogP contribution in [0.2, 0.25) is 0 Å². The molecule has 0 radical (unpaired) electrons. The molecule has 0 fully saturated rings. The molecule has 2 rings (SSSR count). The summed E-state index contributed by atoms with van der Waals surface area (Å²) in [4.78, 5) is 12.3. The summed E-state index contributed by atoms with van der Waals surface area (Å²) in [6.07, 6.45) is 3.16. The van der Waals surface area contributed by atoms with E-state index in [-0.39, 0.29) is 11.9 Å². The smallest absolute Gasteiger partial charge is 0.244 e. The summed E-state index contributed by atoms with van der Waals surface area (Å²) in [7, 11) is 4.65. The summed E-state index contributed by atoms with van der Waals surface area (Å²) in [5, 5.41) is 2.90. The number of rotatable bonds is 9. The van der Waals surface area contributed by atoms with Crippen molar-refractivity contribution in [3.05, 3.63) is 53.1 Å². The van der Waals surface area contributed by atoms with Crippen molar-refractivity contribution < 1.29 is 23.7 Å². The van der Waals surface area contributed by atoms with Crippen molar-refractivity contribution in [3.63, 3.8) is 0 Å². The number of carbonyl (C=O) groups is 1. The van der Waals surface area contributed by atoms with Crippen LogP contribution in [-0.2, 0) is 4.79 Å². The van der Waals surface area contributed by atoms with Gasteiger partial charge in [0.15, 0.2) is 11.5 Å². The highest BCUT2D eigenvalue weighted by Crippen LogP contribution is 2.38. The van der Waals surface area contributed by atoms with Gasteiger partial charge in [-0.25, -0.2) is 0 Å². The van der Waals surface area contributed by atoms with E-state index in [4.69, 9.17) is 18.9 Å². The van der Waals surface area contributed by atoms with Gasteiger partial charge in [-0.15, -0.1) is 0 Å². The van der Waals surface area contributed by atoms with E-state index in [1.54, 1.807) is 39.5 Å². The summed E-state index contributed by atoms with van der Waals surface area (Å²) in [6, 6.07) is 9.41. The number of para-hydroxylation sites is 1. The van der Waals surface area contributed by atoms with Gasteiger partial charge in [-0.2, -0.15) is 0 Å². The molecule has 29 heavy (non-hydrogen) atoms. The molecular formula is C23H29NO5. The first kappa shape index (κ1) is 22.1. The molecule has 1 unspecified atom stereocenters. The van der Waals surface area contributed by atoms with Crippen molar-refractivity contribution >= 4 is 12.0 Å². The molecular weight excluding hydrogens is 370 g/mol. The Balaban J connectivity index is 1.98. The van der Waals surface area contributed by atoms with Gasteiger partial charge in [0.1, 0.15) is 12.4 Å². The van der Waals surface area contributed by atoms with Crippen molar-refractivity contribution in [1.29, 1.82) is 0 Å². The van der Waals surface area contributed by atoms with Crippen LogP contribution in [0.3, 0.4) is 0 Å². The molecule has 0 bridgehead atoms. The minimum absolute atomic E-state index is 0.147. The van der Waals surface area contributed by atoms with E-state index < -0.39 is 0 Å². The van der Waals surface area contributed by atoms with Crippen molar-refractivity contribution in [2.75, 3.05) is 27.9 Å². The van der Waals surface area contributed by atoms with Gasteiger partial charge in [-0.3, -0.25) is 4.79 Å². The molecule has 156 valence electrons. The minimum Gasteiger partial charge on any atom is -0.493 e. The first-order valence-electron chi connectivity index (χ1n) is 9.37. The second-order valence-electron chi connectivity index (χ2n) is 6.73. The number of benzene rings is 2. The van der Waals surface area contributed by atoms with Gasteiger partial charge in [-0.05, 0) is 55.7 Å². The number of hydrogen-bond acceptors (Lipinski definition) is 5. The number of nitrogens with one attached hydrogen (secondary N) is 1. The quantitative estimate of drug-likeness (QED) is 0.648. The Labute approximate surface area is 172 Å². The van der Waals surface area contributed by atoms with Gasteiger partial charge in [-0.1, -0.05) is 18.2 Å². The second-order valence-corrected chi connectivity index (χ2v) is 6.73. The van der Waals surface area contributed by atoms with Gasteiger partial charge >= 0.3 is 0 Å². The fourth-order valence-corrected chi connectivity index (χ4v) is 2.94. The molecule has 0 aromatic heterocycles. The molecule has 1 atom stereocenters. The second kappa shape index (κ2) is 10.4. The average Bonchev–Trinajstić information content (AvgIpc) is 2.70. The fourth-order valence-electron chi connectivity index (χ4n) is 2.94. The van der Waals surface area contributed by atoms with E-state index in [0.29, 0.717) is 23.9 Å². The molecule has 0 aliphatic heterocycles. The summed E-state index contributed by atoms with van der Waals surface area (Å²) < 4.78 is 21.9. The standard InChI is InChI=1S/C23H29NO5/c1-15-8-7-9-16(2)22(15)29-14-17(3)24-21(25)11-10-18-12-19(26-4)23(28-6)20(13-18)27-5/h7-13,17H,14H2,1-6H3,(H,24,25). The predicted molar refractivity (Wildman–Crippen MR) is 114 cm³/mol. The topological polar surface area (TPSA) is 66.0 Å². The van der Waals surface area contributed by atoms with E-state index in [1.165, 1.54) is 6.08 Å². The molecule has 0 heterocycles. The van der Waals surface area contributed by atoms with E-state index in [0.717, 1.165) is 22.4 Å². The third-order valence-electron chi connectivity index (χ3n) is 4.39. The highest BCUT2D eigenvalue weighted by atomic mass is 16.5. The lowest BCUT2D eigenvalue weighted by molar-refractivity contribution is -0.117. The molecule has 1 amide bonds. The van der Waals surface area contributed by atoms with Crippen LogP contribution in [0.1, 0.15) is 23.6 Å². The zero-order valence-corrected chi connectivity index (χ0v) is 17.9. The van der Waals surface area contributed by atoms with Crippen LogP contribution in [0.4, 0.5) is 0 Å². The Kier molecular flexibility index (Phi) is 7.95. The van der Waals surface area contributed by atoms with E-state index in [1.807, 2.05) is 39.0 Å². The van der Waals surface area contributed by atoms with Crippen LogP contribution >= 0.6 is 0 Å². The van der Waals surface area contributed by atoms with Gasteiger partial charge in [0.05, 0.1) is 27.4 Å². The summed E-state index contributed by atoms with van der Waals surface area (Å²) in [5.41, 5.74) is 2.91. The van der Waals surface area contributed by atoms with Gasteiger partial charge in [0.25, 0.3) is 0 Å². The van der Waals surface area contributed by atoms with Crippen LogP contribution in [0.25, 0.3) is 6.08 Å². The van der Waals surface area contributed by atoms with E-state index in [2.05, 4.69) is 5.32 Å². The Hall–Kier alpha value is -3.15. The lowest BCUT2D eigenvalue weighted by Gasteiger charge is -2.17. The van der Waals surface area contributed by atoms with Crippen LogP contribution in [-0.4, -0.2) is 39.9 Å². The summed E-state index contributed by atoms with van der Waals surface area (Å²) >= 11 is 0. The maximum atomic E-state index is 12.3. The third kappa shape index (κ3) is 5.91. The van der Waals surface area contributed by atoms with Gasteiger partial charge < -0.3 is 24.3 Å².